The molecule has 4 nitrogen and oxygen atoms in total. The highest BCUT2D eigenvalue weighted by Crippen LogP contribution is 2.28. The van der Waals surface area contributed by atoms with Gasteiger partial charge in [-0.1, -0.05) is 24.6 Å². The van der Waals surface area contributed by atoms with Crippen LogP contribution in [0.1, 0.15) is 30.2 Å². The molecule has 0 saturated carbocycles. The van der Waals surface area contributed by atoms with Crippen molar-refractivity contribution in [1.29, 1.82) is 0 Å². The second kappa shape index (κ2) is 6.09. The highest BCUT2D eigenvalue weighted by Gasteiger charge is 2.17. The van der Waals surface area contributed by atoms with Crippen molar-refractivity contribution in [1.82, 2.24) is 9.78 Å². The fourth-order valence-electron chi connectivity index (χ4n) is 2.17. The van der Waals surface area contributed by atoms with Gasteiger partial charge in [0.25, 0.3) is 0 Å². The molecule has 2 N–H and O–H groups in total. The van der Waals surface area contributed by atoms with Crippen LogP contribution in [0.25, 0.3) is 0 Å². The zero-order valence-corrected chi connectivity index (χ0v) is 12.7. The molecule has 1 heterocycles. The summed E-state index contributed by atoms with van der Waals surface area (Å²) in [5, 5.41) is 4.45. The molecule has 1 aromatic heterocycles. The zero-order valence-electron chi connectivity index (χ0n) is 12.7. The molecule has 0 fully saturated rings. The van der Waals surface area contributed by atoms with E-state index in [1.807, 2.05) is 38.2 Å². The first-order chi connectivity index (χ1) is 9.51. The second-order valence-corrected chi connectivity index (χ2v) is 5.28. The number of nitrogens with zero attached hydrogens (tertiary/aromatic N) is 2. The monoisotopic (exact) mass is 273 g/mol. The fourth-order valence-corrected chi connectivity index (χ4v) is 2.17. The van der Waals surface area contributed by atoms with Gasteiger partial charge in [0.2, 0.25) is 5.88 Å². The van der Waals surface area contributed by atoms with Crippen LogP contribution in [0.3, 0.4) is 0 Å². The third-order valence-electron chi connectivity index (χ3n) is 3.52. The normalized spacial score (nSPS) is 12.4. The van der Waals surface area contributed by atoms with Gasteiger partial charge in [-0.15, -0.1) is 0 Å². The molecule has 1 unspecified atom stereocenters. The summed E-state index contributed by atoms with van der Waals surface area (Å²) in [6.07, 6.45) is 1.73. The lowest BCUT2D eigenvalue weighted by Crippen LogP contribution is -2.21. The Morgan fingerprint density at radius 1 is 1.25 bits per heavy atom. The van der Waals surface area contributed by atoms with E-state index in [9.17, 15) is 0 Å². The molecule has 0 bridgehead atoms. The fraction of sp³-hybridized carbons (Fsp3) is 0.438. The molecule has 2 rings (SSSR count). The minimum atomic E-state index is 0.137. The van der Waals surface area contributed by atoms with E-state index in [2.05, 4.69) is 18.9 Å². The molecule has 0 saturated heterocycles. The zero-order chi connectivity index (χ0) is 14.7. The van der Waals surface area contributed by atoms with Gasteiger partial charge in [0.1, 0.15) is 5.75 Å². The van der Waals surface area contributed by atoms with E-state index in [1.165, 1.54) is 5.56 Å². The Balaban J connectivity index is 2.28. The highest BCUT2D eigenvalue weighted by atomic mass is 16.5. The molecule has 0 spiro atoms. The summed E-state index contributed by atoms with van der Waals surface area (Å²) < 4.78 is 7.79. The van der Waals surface area contributed by atoms with E-state index in [-0.39, 0.29) is 6.04 Å². The lowest BCUT2D eigenvalue weighted by atomic mass is 10.1. The largest absolute Gasteiger partial charge is 0.439 e. The van der Waals surface area contributed by atoms with Crippen molar-refractivity contribution < 1.29 is 4.74 Å². The summed E-state index contributed by atoms with van der Waals surface area (Å²) >= 11 is 0. The quantitative estimate of drug-likeness (QED) is 0.910. The molecule has 0 radical (unpaired) electrons. The van der Waals surface area contributed by atoms with Gasteiger partial charge in [0.15, 0.2) is 0 Å². The SMILES string of the molecule is CCC(N)Cc1c(C)nn(C)c1Oc1ccc(C)cc1. The second-order valence-electron chi connectivity index (χ2n) is 5.28. The molecule has 0 aliphatic heterocycles. The Kier molecular flexibility index (Phi) is 4.45. The minimum absolute atomic E-state index is 0.137. The van der Waals surface area contributed by atoms with Gasteiger partial charge in [-0.2, -0.15) is 5.10 Å². The van der Waals surface area contributed by atoms with Gasteiger partial charge >= 0.3 is 0 Å². The Hall–Kier alpha value is -1.81. The number of hydrogen-bond donors (Lipinski definition) is 1. The summed E-state index contributed by atoms with van der Waals surface area (Å²) in [7, 11) is 1.90. The van der Waals surface area contributed by atoms with Crippen LogP contribution in [0.5, 0.6) is 11.6 Å². The van der Waals surface area contributed by atoms with Crippen molar-refractivity contribution in [2.45, 2.75) is 39.7 Å². The maximum absolute atomic E-state index is 6.07. The summed E-state index contributed by atoms with van der Waals surface area (Å²) in [5.74, 6) is 1.61. The number of rotatable bonds is 5. The van der Waals surface area contributed by atoms with E-state index in [0.717, 1.165) is 35.7 Å². The summed E-state index contributed by atoms with van der Waals surface area (Å²) in [6.45, 7) is 6.15. The lowest BCUT2D eigenvalue weighted by molar-refractivity contribution is 0.423. The van der Waals surface area contributed by atoms with Gasteiger partial charge in [0.05, 0.1) is 5.69 Å². The first-order valence-corrected chi connectivity index (χ1v) is 7.03. The maximum Gasteiger partial charge on any atom is 0.221 e. The molecule has 0 aliphatic carbocycles. The Labute approximate surface area is 120 Å². The van der Waals surface area contributed by atoms with Crippen LogP contribution in [0.2, 0.25) is 0 Å². The van der Waals surface area contributed by atoms with E-state index in [0.29, 0.717) is 0 Å². The molecule has 20 heavy (non-hydrogen) atoms. The molecular weight excluding hydrogens is 250 g/mol. The Morgan fingerprint density at radius 2 is 1.90 bits per heavy atom. The summed E-state index contributed by atoms with van der Waals surface area (Å²) in [5.41, 5.74) is 9.37. The number of benzene rings is 1. The van der Waals surface area contributed by atoms with Gasteiger partial charge in [0, 0.05) is 18.7 Å². The van der Waals surface area contributed by atoms with E-state index in [1.54, 1.807) is 4.68 Å². The van der Waals surface area contributed by atoms with Crippen LogP contribution in [-0.2, 0) is 13.5 Å². The molecular formula is C16H23N3O. The van der Waals surface area contributed by atoms with Crippen LogP contribution in [0.15, 0.2) is 24.3 Å². The predicted molar refractivity (Wildman–Crippen MR) is 81.2 cm³/mol. The molecule has 0 aliphatic rings. The van der Waals surface area contributed by atoms with Crippen LogP contribution in [0, 0.1) is 13.8 Å². The average molecular weight is 273 g/mol. The first kappa shape index (κ1) is 14.6. The van der Waals surface area contributed by atoms with Crippen LogP contribution >= 0.6 is 0 Å². The minimum Gasteiger partial charge on any atom is -0.439 e. The molecule has 1 aromatic carbocycles. The smallest absolute Gasteiger partial charge is 0.221 e. The van der Waals surface area contributed by atoms with Crippen LogP contribution in [-0.4, -0.2) is 15.8 Å². The van der Waals surface area contributed by atoms with E-state index in [4.69, 9.17) is 10.5 Å². The van der Waals surface area contributed by atoms with E-state index >= 15 is 0 Å². The van der Waals surface area contributed by atoms with Gasteiger partial charge in [-0.05, 0) is 38.8 Å². The molecule has 2 aromatic rings. The summed E-state index contributed by atoms with van der Waals surface area (Å²) in [4.78, 5) is 0. The molecule has 108 valence electrons. The maximum atomic E-state index is 6.07. The van der Waals surface area contributed by atoms with Crippen molar-refractivity contribution in [2.75, 3.05) is 0 Å². The number of nitrogens with two attached hydrogens (primary N) is 1. The number of ether oxygens (including phenoxy) is 1. The standard InChI is InChI=1S/C16H23N3O/c1-5-13(17)10-15-12(3)18-19(4)16(15)20-14-8-6-11(2)7-9-14/h6-9,13H,5,10,17H2,1-4H3. The Bertz CT molecular complexity index is 572. The first-order valence-electron chi connectivity index (χ1n) is 7.03. The lowest BCUT2D eigenvalue weighted by Gasteiger charge is -2.12. The van der Waals surface area contributed by atoms with E-state index < -0.39 is 0 Å². The van der Waals surface area contributed by atoms with Gasteiger partial charge in [-0.25, -0.2) is 4.68 Å². The van der Waals surface area contributed by atoms with Crippen LogP contribution in [0.4, 0.5) is 0 Å². The van der Waals surface area contributed by atoms with Crippen molar-refractivity contribution in [3.63, 3.8) is 0 Å². The number of hydrogen-bond acceptors (Lipinski definition) is 3. The van der Waals surface area contributed by atoms with Crippen molar-refractivity contribution in [3.8, 4) is 11.6 Å². The van der Waals surface area contributed by atoms with Crippen molar-refractivity contribution in [3.05, 3.63) is 41.1 Å². The molecule has 0 amide bonds. The average Bonchev–Trinajstić information content (AvgIpc) is 2.68. The third-order valence-corrected chi connectivity index (χ3v) is 3.52. The summed E-state index contributed by atoms with van der Waals surface area (Å²) in [6, 6.07) is 8.16. The molecule has 1 atom stereocenters. The Morgan fingerprint density at radius 3 is 2.50 bits per heavy atom. The number of aryl methyl sites for hydroxylation is 3. The van der Waals surface area contributed by atoms with Gasteiger partial charge in [-0.3, -0.25) is 0 Å². The topological polar surface area (TPSA) is 53.1 Å². The molecule has 4 heteroatoms. The number of aromatic nitrogens is 2. The van der Waals surface area contributed by atoms with Gasteiger partial charge < -0.3 is 10.5 Å². The predicted octanol–water partition coefficient (Wildman–Crippen LogP) is 3.11. The van der Waals surface area contributed by atoms with Crippen LogP contribution < -0.4 is 10.5 Å². The third kappa shape index (κ3) is 3.20. The van der Waals surface area contributed by atoms with Crippen molar-refractivity contribution in [2.24, 2.45) is 12.8 Å². The highest BCUT2D eigenvalue weighted by molar-refractivity contribution is 5.37. The van der Waals surface area contributed by atoms with Crippen molar-refractivity contribution >= 4 is 0 Å².